The predicted octanol–water partition coefficient (Wildman–Crippen LogP) is 5.03. The summed E-state index contributed by atoms with van der Waals surface area (Å²) < 4.78 is 25.1. The van der Waals surface area contributed by atoms with Gasteiger partial charge in [-0.05, 0) is 77.8 Å². The minimum absolute atomic E-state index is 0.168. The van der Waals surface area contributed by atoms with Crippen molar-refractivity contribution in [3.63, 3.8) is 0 Å². The topological polar surface area (TPSA) is 112 Å². The molecule has 0 aliphatic carbocycles. The van der Waals surface area contributed by atoms with Crippen LogP contribution in [-0.2, 0) is 16.1 Å². The van der Waals surface area contributed by atoms with Gasteiger partial charge < -0.3 is 18.9 Å². The number of methoxy groups -OCH3 is 2. The van der Waals surface area contributed by atoms with Crippen LogP contribution in [-0.4, -0.2) is 31.4 Å². The molecule has 0 spiro atoms. The van der Waals surface area contributed by atoms with Gasteiger partial charge >= 0.3 is 5.97 Å². The monoisotopic (exact) mass is 673 g/mol. The predicted molar refractivity (Wildman–Crippen MR) is 170 cm³/mol. The zero-order chi connectivity index (χ0) is 31.4. The normalized spacial score (nSPS) is 14.4. The Morgan fingerprint density at radius 2 is 1.89 bits per heavy atom. The molecule has 0 amide bonds. The van der Waals surface area contributed by atoms with Crippen molar-refractivity contribution in [2.45, 2.75) is 26.5 Å². The molecule has 2 heterocycles. The van der Waals surface area contributed by atoms with E-state index in [2.05, 4.69) is 27.0 Å². The minimum atomic E-state index is -0.851. The van der Waals surface area contributed by atoms with Crippen molar-refractivity contribution in [1.29, 1.82) is 5.26 Å². The van der Waals surface area contributed by atoms with Gasteiger partial charge in [0.25, 0.3) is 5.56 Å². The van der Waals surface area contributed by atoms with Crippen LogP contribution < -0.4 is 29.1 Å². The lowest BCUT2D eigenvalue weighted by Crippen LogP contribution is -2.40. The van der Waals surface area contributed by atoms with E-state index in [-0.39, 0.29) is 24.3 Å². The maximum Gasteiger partial charge on any atom is 0.338 e. The Labute approximate surface area is 266 Å². The fourth-order valence-corrected chi connectivity index (χ4v) is 6.48. The van der Waals surface area contributed by atoms with Crippen LogP contribution in [0, 0.1) is 11.3 Å². The Bertz CT molecular complexity index is 2010. The van der Waals surface area contributed by atoms with Gasteiger partial charge in [0.15, 0.2) is 4.80 Å². The van der Waals surface area contributed by atoms with E-state index < -0.39 is 12.0 Å². The Hall–Kier alpha value is -4.66. The van der Waals surface area contributed by atoms with Crippen LogP contribution in [0.5, 0.6) is 17.2 Å². The maximum absolute atomic E-state index is 14.0. The molecule has 1 aromatic heterocycles. The Kier molecular flexibility index (Phi) is 9.32. The molecular formula is C33H28BrN3O6S. The zero-order valence-corrected chi connectivity index (χ0v) is 26.8. The molecule has 44 heavy (non-hydrogen) atoms. The van der Waals surface area contributed by atoms with E-state index in [1.54, 1.807) is 57.4 Å². The average molecular weight is 675 g/mol. The molecule has 3 aromatic carbocycles. The number of fused-ring (bicyclic) bond motifs is 1. The van der Waals surface area contributed by atoms with Gasteiger partial charge in [0.05, 0.1) is 52.7 Å². The maximum atomic E-state index is 14.0. The van der Waals surface area contributed by atoms with Gasteiger partial charge in [-0.2, -0.15) is 5.26 Å². The molecule has 5 rings (SSSR count). The molecule has 224 valence electrons. The number of thiazole rings is 1. The number of hydrogen-bond acceptors (Lipinski definition) is 9. The van der Waals surface area contributed by atoms with Gasteiger partial charge in [-0.15, -0.1) is 0 Å². The van der Waals surface area contributed by atoms with Crippen molar-refractivity contribution in [1.82, 2.24) is 4.57 Å². The number of aromatic nitrogens is 1. The second kappa shape index (κ2) is 13.3. The van der Waals surface area contributed by atoms with Crippen molar-refractivity contribution in [3.05, 3.63) is 118 Å². The molecule has 0 bridgehead atoms. The number of halogens is 1. The summed E-state index contributed by atoms with van der Waals surface area (Å²) in [6.45, 7) is 3.86. The number of allylic oxidation sites excluding steroid dienone is 1. The number of benzene rings is 3. The number of esters is 1. The van der Waals surface area contributed by atoms with Crippen molar-refractivity contribution in [2.75, 3.05) is 20.8 Å². The van der Waals surface area contributed by atoms with Crippen LogP contribution in [0.3, 0.4) is 0 Å². The molecule has 1 aliphatic heterocycles. The first-order valence-electron chi connectivity index (χ1n) is 13.6. The molecular weight excluding hydrogens is 646 g/mol. The SMILES string of the molecule is CCOC(=O)C1=C(C)N=c2s/c(=C/c3ccc(OCc4ccccc4C#N)c(Br)c3)c(=O)n2[C@@H]1c1cc(OC)ccc1OC. The molecule has 0 radical (unpaired) electrons. The third-order valence-electron chi connectivity index (χ3n) is 7.02. The van der Waals surface area contributed by atoms with E-state index in [1.807, 2.05) is 30.3 Å². The third-order valence-corrected chi connectivity index (χ3v) is 8.63. The summed E-state index contributed by atoms with van der Waals surface area (Å²) in [5, 5.41) is 9.35. The van der Waals surface area contributed by atoms with Crippen LogP contribution in [0.15, 0.2) is 86.2 Å². The Morgan fingerprint density at radius 3 is 2.59 bits per heavy atom. The van der Waals surface area contributed by atoms with Gasteiger partial charge in [-0.1, -0.05) is 35.6 Å². The molecule has 11 heteroatoms. The van der Waals surface area contributed by atoms with Gasteiger partial charge in [-0.25, -0.2) is 9.79 Å². The minimum Gasteiger partial charge on any atom is -0.497 e. The first kappa shape index (κ1) is 30.8. The van der Waals surface area contributed by atoms with E-state index in [0.29, 0.717) is 47.9 Å². The average Bonchev–Trinajstić information content (AvgIpc) is 3.33. The summed E-state index contributed by atoms with van der Waals surface area (Å²) in [6, 6.07) is 19.3. The number of hydrogen-bond donors (Lipinski definition) is 0. The zero-order valence-electron chi connectivity index (χ0n) is 24.4. The van der Waals surface area contributed by atoms with Crippen LogP contribution in [0.4, 0.5) is 0 Å². The first-order valence-corrected chi connectivity index (χ1v) is 15.2. The summed E-state index contributed by atoms with van der Waals surface area (Å²) in [5.41, 5.74) is 3.05. The molecule has 4 aromatic rings. The van der Waals surface area contributed by atoms with Gasteiger partial charge in [0.2, 0.25) is 0 Å². The van der Waals surface area contributed by atoms with E-state index in [4.69, 9.17) is 18.9 Å². The van der Waals surface area contributed by atoms with Crippen LogP contribution >= 0.6 is 27.3 Å². The van der Waals surface area contributed by atoms with E-state index in [0.717, 1.165) is 11.1 Å². The van der Waals surface area contributed by atoms with Crippen molar-refractivity contribution < 1.29 is 23.7 Å². The molecule has 0 N–H and O–H groups in total. The molecule has 0 fully saturated rings. The van der Waals surface area contributed by atoms with Crippen molar-refractivity contribution in [2.24, 2.45) is 4.99 Å². The van der Waals surface area contributed by atoms with E-state index >= 15 is 0 Å². The molecule has 0 unspecified atom stereocenters. The van der Waals surface area contributed by atoms with Gasteiger partial charge in [-0.3, -0.25) is 9.36 Å². The van der Waals surface area contributed by atoms with Crippen LogP contribution in [0.2, 0.25) is 0 Å². The van der Waals surface area contributed by atoms with E-state index in [9.17, 15) is 14.9 Å². The summed E-state index contributed by atoms with van der Waals surface area (Å²) in [7, 11) is 3.08. The number of nitrogens with zero attached hydrogens (tertiary/aromatic N) is 3. The summed E-state index contributed by atoms with van der Waals surface area (Å²) in [6.07, 6.45) is 1.77. The fourth-order valence-electron chi connectivity index (χ4n) is 4.92. The number of ether oxygens (including phenoxy) is 4. The third kappa shape index (κ3) is 6.04. The highest BCUT2D eigenvalue weighted by Crippen LogP contribution is 2.38. The van der Waals surface area contributed by atoms with Gasteiger partial charge in [0.1, 0.15) is 29.9 Å². The first-order chi connectivity index (χ1) is 21.3. The fraction of sp³-hybridized carbons (Fsp3) is 0.212. The Morgan fingerprint density at radius 1 is 1.11 bits per heavy atom. The standard InChI is InChI=1S/C33H28BrN3O6S/c1-5-42-32(39)29-19(2)36-33-37(30(29)24-16-23(40-3)11-13-26(24)41-4)31(38)28(44-33)15-20-10-12-27(25(34)14-20)43-18-22-9-7-6-8-21(22)17-35/h6-16,30H,5,18H2,1-4H3/b28-15+/t30-/m1/s1. The second-order valence-corrected chi connectivity index (χ2v) is 11.5. The smallest absolute Gasteiger partial charge is 0.338 e. The van der Waals surface area contributed by atoms with E-state index in [1.165, 1.54) is 23.0 Å². The molecule has 0 saturated carbocycles. The summed E-state index contributed by atoms with van der Waals surface area (Å²) in [5.74, 6) is 1.06. The highest BCUT2D eigenvalue weighted by Gasteiger charge is 2.35. The van der Waals surface area contributed by atoms with Gasteiger partial charge in [0, 0.05) is 11.1 Å². The van der Waals surface area contributed by atoms with Crippen molar-refractivity contribution in [3.8, 4) is 23.3 Å². The lowest BCUT2D eigenvalue weighted by atomic mass is 9.94. The summed E-state index contributed by atoms with van der Waals surface area (Å²) in [4.78, 5) is 32.4. The highest BCUT2D eigenvalue weighted by molar-refractivity contribution is 9.10. The van der Waals surface area contributed by atoms with Crippen LogP contribution in [0.25, 0.3) is 6.08 Å². The number of rotatable bonds is 9. The quantitative estimate of drug-likeness (QED) is 0.229. The number of carbonyl (C=O) groups is 1. The Balaban J connectivity index is 1.57. The van der Waals surface area contributed by atoms with Crippen LogP contribution in [0.1, 0.15) is 42.1 Å². The number of nitriles is 1. The molecule has 9 nitrogen and oxygen atoms in total. The lowest BCUT2D eigenvalue weighted by Gasteiger charge is -2.26. The molecule has 1 atom stereocenters. The summed E-state index contributed by atoms with van der Waals surface area (Å²) >= 11 is 4.79. The largest absolute Gasteiger partial charge is 0.497 e. The highest BCUT2D eigenvalue weighted by atomic mass is 79.9. The second-order valence-electron chi connectivity index (χ2n) is 9.66. The number of carbonyl (C=O) groups excluding carboxylic acids is 1. The van der Waals surface area contributed by atoms with Crippen molar-refractivity contribution >= 4 is 39.3 Å². The molecule has 1 aliphatic rings. The lowest BCUT2D eigenvalue weighted by molar-refractivity contribution is -0.139. The molecule has 0 saturated heterocycles.